The Balaban J connectivity index is 1.49. The van der Waals surface area contributed by atoms with Crippen molar-refractivity contribution in [1.29, 1.82) is 0 Å². The summed E-state index contributed by atoms with van der Waals surface area (Å²) in [5.41, 5.74) is 2.52. The summed E-state index contributed by atoms with van der Waals surface area (Å²) in [4.78, 5) is 36.7. The molecule has 0 spiro atoms. The number of fused-ring (bicyclic) bond motifs is 2. The third kappa shape index (κ3) is 5.49. The van der Waals surface area contributed by atoms with Gasteiger partial charge in [-0.25, -0.2) is 9.97 Å². The van der Waals surface area contributed by atoms with Gasteiger partial charge in [0.05, 0.1) is 23.6 Å². The molecule has 0 unspecified atom stereocenters. The SMILES string of the molecule is COc1ccc(Cn2ccc(=O)c3c(N[C@@H](C)c4cc5cccc(Cl)c5c(=O)n4-c4ccccc4)nc(SC)nc32)cc1. The average Bonchev–Trinajstić information content (AvgIpc) is 3.02. The molecular weight excluding hydrogens is 582 g/mol. The van der Waals surface area contributed by atoms with Crippen molar-refractivity contribution in [3.05, 3.63) is 128 Å². The Morgan fingerprint density at radius 2 is 1.72 bits per heavy atom. The number of benzene rings is 3. The second-order valence-electron chi connectivity index (χ2n) is 10.0. The van der Waals surface area contributed by atoms with Crippen LogP contribution in [0.5, 0.6) is 5.75 Å². The summed E-state index contributed by atoms with van der Waals surface area (Å²) in [5.74, 6) is 1.17. The maximum atomic E-state index is 13.9. The fourth-order valence-electron chi connectivity index (χ4n) is 5.21. The zero-order valence-electron chi connectivity index (χ0n) is 23.7. The van der Waals surface area contributed by atoms with Crippen LogP contribution in [0.15, 0.2) is 106 Å². The first kappa shape index (κ1) is 28.5. The van der Waals surface area contributed by atoms with Gasteiger partial charge in [-0.3, -0.25) is 14.2 Å². The molecule has 0 amide bonds. The molecule has 0 saturated carbocycles. The van der Waals surface area contributed by atoms with Gasteiger partial charge in [-0.15, -0.1) is 0 Å². The van der Waals surface area contributed by atoms with E-state index in [4.69, 9.17) is 26.3 Å². The maximum Gasteiger partial charge on any atom is 0.264 e. The van der Waals surface area contributed by atoms with Crippen LogP contribution in [0, 0.1) is 0 Å². The minimum Gasteiger partial charge on any atom is -0.497 e. The number of rotatable bonds is 8. The van der Waals surface area contributed by atoms with Crippen LogP contribution in [0.2, 0.25) is 5.02 Å². The number of nitrogens with zero attached hydrogens (tertiary/aromatic N) is 4. The highest BCUT2D eigenvalue weighted by atomic mass is 35.5. The predicted octanol–water partition coefficient (Wildman–Crippen LogP) is 6.70. The van der Waals surface area contributed by atoms with E-state index in [0.717, 1.165) is 16.7 Å². The number of para-hydroxylation sites is 1. The van der Waals surface area contributed by atoms with Crippen LogP contribution in [-0.2, 0) is 6.54 Å². The molecule has 0 fully saturated rings. The number of thioether (sulfide) groups is 1. The minimum absolute atomic E-state index is 0.200. The smallest absolute Gasteiger partial charge is 0.264 e. The van der Waals surface area contributed by atoms with Crippen molar-refractivity contribution in [3.8, 4) is 11.4 Å². The summed E-state index contributed by atoms with van der Waals surface area (Å²) in [6.45, 7) is 2.44. The number of anilines is 1. The summed E-state index contributed by atoms with van der Waals surface area (Å²) in [6, 6.07) is 25.7. The van der Waals surface area contributed by atoms with Gasteiger partial charge in [-0.05, 0) is 60.5 Å². The molecule has 1 atom stereocenters. The van der Waals surface area contributed by atoms with E-state index in [1.165, 1.54) is 17.8 Å². The topological polar surface area (TPSA) is 91.0 Å². The van der Waals surface area contributed by atoms with Crippen molar-refractivity contribution in [2.24, 2.45) is 0 Å². The zero-order chi connectivity index (χ0) is 30.1. The monoisotopic (exact) mass is 609 g/mol. The van der Waals surface area contributed by atoms with Gasteiger partial charge in [0.15, 0.2) is 16.2 Å². The molecule has 0 aliphatic heterocycles. The number of ether oxygens (including phenoxy) is 1. The van der Waals surface area contributed by atoms with Crippen LogP contribution in [0.25, 0.3) is 27.5 Å². The molecule has 0 aliphatic carbocycles. The quantitative estimate of drug-likeness (QED) is 0.152. The lowest BCUT2D eigenvalue weighted by molar-refractivity contribution is 0.414. The van der Waals surface area contributed by atoms with Crippen molar-refractivity contribution in [1.82, 2.24) is 19.1 Å². The molecule has 216 valence electrons. The molecule has 3 heterocycles. The summed E-state index contributed by atoms with van der Waals surface area (Å²) in [7, 11) is 1.63. The standard InChI is InChI=1S/C33H28ClN5O3S/c1-20(26-18-22-8-7-11-25(34)28(22)32(41)39(26)23-9-5-4-6-10-23)35-30-29-27(40)16-17-38(31(29)37-33(36-30)43-3)19-21-12-14-24(42-2)15-13-21/h4-18,20H,19H2,1-3H3,(H,35,36,37)/t20-/m0/s1. The predicted molar refractivity (Wildman–Crippen MR) is 174 cm³/mol. The van der Waals surface area contributed by atoms with E-state index in [1.807, 2.05) is 90.5 Å². The van der Waals surface area contributed by atoms with Gasteiger partial charge in [0, 0.05) is 30.2 Å². The molecule has 3 aromatic carbocycles. The van der Waals surface area contributed by atoms with Gasteiger partial charge in [-0.2, -0.15) is 0 Å². The van der Waals surface area contributed by atoms with E-state index in [9.17, 15) is 9.59 Å². The molecule has 1 N–H and O–H groups in total. The molecule has 6 aromatic rings. The van der Waals surface area contributed by atoms with Crippen LogP contribution in [0.3, 0.4) is 0 Å². The van der Waals surface area contributed by atoms with Crippen LogP contribution >= 0.6 is 23.4 Å². The molecule has 0 radical (unpaired) electrons. The van der Waals surface area contributed by atoms with Crippen LogP contribution in [-0.4, -0.2) is 32.5 Å². The molecule has 6 rings (SSSR count). The summed E-state index contributed by atoms with van der Waals surface area (Å²) in [6.07, 6.45) is 3.64. The molecule has 43 heavy (non-hydrogen) atoms. The van der Waals surface area contributed by atoms with Gasteiger partial charge < -0.3 is 14.6 Å². The second kappa shape index (κ2) is 11.9. The molecule has 0 aliphatic rings. The Kier molecular flexibility index (Phi) is 7.92. The molecule has 3 aromatic heterocycles. The normalized spacial score (nSPS) is 12.0. The number of hydrogen-bond donors (Lipinski definition) is 1. The van der Waals surface area contributed by atoms with E-state index < -0.39 is 6.04 Å². The van der Waals surface area contributed by atoms with Crippen molar-refractivity contribution >= 4 is 51.0 Å². The van der Waals surface area contributed by atoms with Gasteiger partial charge >= 0.3 is 0 Å². The van der Waals surface area contributed by atoms with Gasteiger partial charge in [0.1, 0.15) is 17.0 Å². The first-order valence-electron chi connectivity index (χ1n) is 13.6. The third-order valence-electron chi connectivity index (χ3n) is 7.32. The summed E-state index contributed by atoms with van der Waals surface area (Å²) < 4.78 is 8.89. The van der Waals surface area contributed by atoms with Crippen molar-refractivity contribution in [2.45, 2.75) is 24.7 Å². The lowest BCUT2D eigenvalue weighted by Gasteiger charge is -2.22. The van der Waals surface area contributed by atoms with Gasteiger partial charge in [0.2, 0.25) is 0 Å². The molecule has 8 nitrogen and oxygen atoms in total. The van der Waals surface area contributed by atoms with Crippen LogP contribution in [0.4, 0.5) is 5.82 Å². The molecule has 0 saturated heterocycles. The Morgan fingerprint density at radius 1 is 0.953 bits per heavy atom. The second-order valence-corrected chi connectivity index (χ2v) is 11.2. The highest BCUT2D eigenvalue weighted by molar-refractivity contribution is 7.98. The van der Waals surface area contributed by atoms with E-state index in [2.05, 4.69) is 5.32 Å². The molecule has 0 bridgehead atoms. The van der Waals surface area contributed by atoms with Gasteiger partial charge in [-0.1, -0.05) is 65.8 Å². The third-order valence-corrected chi connectivity index (χ3v) is 8.19. The van der Waals surface area contributed by atoms with E-state index >= 15 is 0 Å². The van der Waals surface area contributed by atoms with E-state index in [1.54, 1.807) is 23.9 Å². The number of halogens is 1. The number of pyridine rings is 2. The number of nitrogens with one attached hydrogen (secondary N) is 1. The lowest BCUT2D eigenvalue weighted by Crippen LogP contribution is -2.26. The Labute approximate surface area is 257 Å². The summed E-state index contributed by atoms with van der Waals surface area (Å²) in [5, 5.41) is 5.91. The van der Waals surface area contributed by atoms with Crippen molar-refractivity contribution in [2.75, 3.05) is 18.7 Å². The Bertz CT molecular complexity index is 2080. The molecular formula is C33H28ClN5O3S. The minimum atomic E-state index is -0.432. The zero-order valence-corrected chi connectivity index (χ0v) is 25.3. The maximum absolute atomic E-state index is 13.9. The fourth-order valence-corrected chi connectivity index (χ4v) is 5.83. The number of hydrogen-bond acceptors (Lipinski definition) is 7. The highest BCUT2D eigenvalue weighted by Crippen LogP contribution is 2.29. The Morgan fingerprint density at radius 3 is 2.44 bits per heavy atom. The highest BCUT2D eigenvalue weighted by Gasteiger charge is 2.21. The average molecular weight is 610 g/mol. The van der Waals surface area contributed by atoms with Crippen LogP contribution in [0.1, 0.15) is 24.2 Å². The fraction of sp³-hybridized carbons (Fsp3) is 0.152. The first-order valence-corrected chi connectivity index (χ1v) is 15.2. The largest absolute Gasteiger partial charge is 0.497 e. The van der Waals surface area contributed by atoms with Crippen LogP contribution < -0.4 is 21.0 Å². The first-order chi connectivity index (χ1) is 20.9. The Hall–Kier alpha value is -4.60. The lowest BCUT2D eigenvalue weighted by atomic mass is 10.1. The summed E-state index contributed by atoms with van der Waals surface area (Å²) >= 11 is 7.88. The van der Waals surface area contributed by atoms with E-state index in [-0.39, 0.29) is 11.0 Å². The van der Waals surface area contributed by atoms with Crippen molar-refractivity contribution < 1.29 is 4.74 Å². The van der Waals surface area contributed by atoms with E-state index in [0.29, 0.717) is 50.3 Å². The number of methoxy groups -OCH3 is 1. The van der Waals surface area contributed by atoms with Crippen molar-refractivity contribution in [3.63, 3.8) is 0 Å². The number of aromatic nitrogens is 4. The van der Waals surface area contributed by atoms with Gasteiger partial charge in [0.25, 0.3) is 5.56 Å². The molecule has 10 heteroatoms.